The largest absolute Gasteiger partial charge is 0.469 e. The van der Waals surface area contributed by atoms with Gasteiger partial charge in [0.25, 0.3) is 0 Å². The second-order valence-electron chi connectivity index (χ2n) is 4.40. The van der Waals surface area contributed by atoms with Crippen molar-refractivity contribution < 1.29 is 19.1 Å². The minimum absolute atomic E-state index is 0.0347. The fourth-order valence-corrected chi connectivity index (χ4v) is 1.90. The van der Waals surface area contributed by atoms with E-state index in [1.807, 2.05) is 0 Å². The van der Waals surface area contributed by atoms with Crippen molar-refractivity contribution in [3.63, 3.8) is 0 Å². The van der Waals surface area contributed by atoms with Crippen LogP contribution >= 0.6 is 0 Å². The summed E-state index contributed by atoms with van der Waals surface area (Å²) in [7, 11) is 1.28. The molecule has 2 amide bonds. The highest BCUT2D eigenvalue weighted by atomic mass is 16.5. The third-order valence-corrected chi connectivity index (χ3v) is 2.95. The lowest BCUT2D eigenvalue weighted by Gasteiger charge is -2.21. The standard InChI is InChI=1S/C12H20N2O4/c1-9(12(17)14-7-3-4-8-14)13-10(15)5-6-11(16)18-2/h9H,3-8H2,1-2H3,(H,13,15)/t9-/m1/s1. The smallest absolute Gasteiger partial charge is 0.306 e. The first kappa shape index (κ1) is 14.5. The topological polar surface area (TPSA) is 75.7 Å². The molecule has 0 aromatic rings. The monoisotopic (exact) mass is 256 g/mol. The summed E-state index contributed by atoms with van der Waals surface area (Å²) in [5.74, 6) is -0.789. The maximum Gasteiger partial charge on any atom is 0.306 e. The average Bonchev–Trinajstić information content (AvgIpc) is 2.88. The van der Waals surface area contributed by atoms with Crippen LogP contribution in [0.15, 0.2) is 0 Å². The quantitative estimate of drug-likeness (QED) is 0.706. The molecular weight excluding hydrogens is 236 g/mol. The molecule has 1 fully saturated rings. The highest BCUT2D eigenvalue weighted by Gasteiger charge is 2.24. The van der Waals surface area contributed by atoms with Gasteiger partial charge in [0, 0.05) is 19.5 Å². The summed E-state index contributed by atoms with van der Waals surface area (Å²) in [5, 5.41) is 2.60. The Labute approximate surface area is 107 Å². The van der Waals surface area contributed by atoms with E-state index in [4.69, 9.17) is 0 Å². The van der Waals surface area contributed by atoms with Gasteiger partial charge in [0.2, 0.25) is 11.8 Å². The Kier molecular flexibility index (Phi) is 5.61. The zero-order valence-corrected chi connectivity index (χ0v) is 10.9. The molecule has 1 aliphatic heterocycles. The van der Waals surface area contributed by atoms with Crippen molar-refractivity contribution in [1.29, 1.82) is 0 Å². The van der Waals surface area contributed by atoms with Crippen LogP contribution in [0.2, 0.25) is 0 Å². The number of hydrogen-bond acceptors (Lipinski definition) is 4. The molecule has 1 heterocycles. The van der Waals surface area contributed by atoms with Gasteiger partial charge in [0.15, 0.2) is 0 Å². The lowest BCUT2D eigenvalue weighted by molar-refractivity contribution is -0.142. The Morgan fingerprint density at radius 2 is 1.83 bits per heavy atom. The van der Waals surface area contributed by atoms with E-state index in [2.05, 4.69) is 10.1 Å². The van der Waals surface area contributed by atoms with Gasteiger partial charge in [0.05, 0.1) is 13.5 Å². The summed E-state index contributed by atoms with van der Waals surface area (Å²) in [4.78, 5) is 36.0. The van der Waals surface area contributed by atoms with Crippen LogP contribution in [0.5, 0.6) is 0 Å². The van der Waals surface area contributed by atoms with E-state index in [0.29, 0.717) is 0 Å². The van der Waals surface area contributed by atoms with Crippen LogP contribution in [0.3, 0.4) is 0 Å². The number of hydrogen-bond donors (Lipinski definition) is 1. The van der Waals surface area contributed by atoms with E-state index in [0.717, 1.165) is 25.9 Å². The van der Waals surface area contributed by atoms with Gasteiger partial charge >= 0.3 is 5.97 Å². The second-order valence-corrected chi connectivity index (χ2v) is 4.40. The Morgan fingerprint density at radius 3 is 2.39 bits per heavy atom. The van der Waals surface area contributed by atoms with Crippen LogP contribution in [0.4, 0.5) is 0 Å². The molecule has 1 aliphatic rings. The van der Waals surface area contributed by atoms with Gasteiger partial charge in [-0.1, -0.05) is 0 Å². The molecule has 0 aromatic heterocycles. The van der Waals surface area contributed by atoms with Crippen molar-refractivity contribution in [2.24, 2.45) is 0 Å². The number of nitrogens with zero attached hydrogens (tertiary/aromatic N) is 1. The number of nitrogens with one attached hydrogen (secondary N) is 1. The number of likely N-dealkylation sites (tertiary alicyclic amines) is 1. The van der Waals surface area contributed by atoms with E-state index in [1.165, 1.54) is 7.11 Å². The van der Waals surface area contributed by atoms with E-state index < -0.39 is 12.0 Å². The summed E-state index contributed by atoms with van der Waals surface area (Å²) in [5.41, 5.74) is 0. The molecule has 18 heavy (non-hydrogen) atoms. The second kappa shape index (κ2) is 6.98. The van der Waals surface area contributed by atoms with Crippen LogP contribution in [-0.4, -0.2) is 48.9 Å². The van der Waals surface area contributed by atoms with Gasteiger partial charge in [0.1, 0.15) is 6.04 Å². The minimum Gasteiger partial charge on any atom is -0.469 e. The molecule has 0 radical (unpaired) electrons. The maximum atomic E-state index is 11.9. The molecule has 0 spiro atoms. The van der Waals surface area contributed by atoms with E-state index in [1.54, 1.807) is 11.8 Å². The number of rotatable bonds is 5. The SMILES string of the molecule is COC(=O)CCC(=O)N[C@H](C)C(=O)N1CCCC1. The van der Waals surface area contributed by atoms with E-state index >= 15 is 0 Å². The number of ether oxygens (including phenoxy) is 1. The Morgan fingerprint density at radius 1 is 1.22 bits per heavy atom. The molecule has 1 rings (SSSR count). The Balaban J connectivity index is 2.29. The normalized spacial score (nSPS) is 16.2. The van der Waals surface area contributed by atoms with Crippen molar-refractivity contribution in [3.8, 4) is 0 Å². The summed E-state index contributed by atoms with van der Waals surface area (Å²) >= 11 is 0. The van der Waals surface area contributed by atoms with Gasteiger partial charge in [-0.15, -0.1) is 0 Å². The van der Waals surface area contributed by atoms with Gasteiger partial charge in [-0.05, 0) is 19.8 Å². The number of esters is 1. The van der Waals surface area contributed by atoms with Gasteiger partial charge in [-0.2, -0.15) is 0 Å². The highest BCUT2D eigenvalue weighted by molar-refractivity contribution is 5.88. The van der Waals surface area contributed by atoms with Crippen LogP contribution in [0.1, 0.15) is 32.6 Å². The summed E-state index contributed by atoms with van der Waals surface area (Å²) in [6.07, 6.45) is 2.13. The molecule has 0 aromatic carbocycles. The molecule has 1 saturated heterocycles. The number of methoxy groups -OCH3 is 1. The third kappa shape index (κ3) is 4.35. The minimum atomic E-state index is -0.534. The van der Waals surface area contributed by atoms with Crippen LogP contribution in [0, 0.1) is 0 Å². The summed E-state index contributed by atoms with van der Waals surface area (Å²) in [6.45, 7) is 3.19. The van der Waals surface area contributed by atoms with Crippen molar-refractivity contribution in [2.75, 3.05) is 20.2 Å². The third-order valence-electron chi connectivity index (χ3n) is 2.95. The van der Waals surface area contributed by atoms with Crippen molar-refractivity contribution in [3.05, 3.63) is 0 Å². The van der Waals surface area contributed by atoms with Crippen LogP contribution in [-0.2, 0) is 19.1 Å². The predicted octanol–water partition coefficient (Wildman–Crippen LogP) is 0.0667. The first-order valence-corrected chi connectivity index (χ1v) is 6.19. The van der Waals surface area contributed by atoms with Crippen LogP contribution < -0.4 is 5.32 Å². The Hall–Kier alpha value is -1.59. The molecule has 6 heteroatoms. The van der Waals surface area contributed by atoms with E-state index in [9.17, 15) is 14.4 Å². The van der Waals surface area contributed by atoms with E-state index in [-0.39, 0.29) is 24.7 Å². The average molecular weight is 256 g/mol. The molecule has 102 valence electrons. The maximum absolute atomic E-state index is 11.9. The molecular formula is C12H20N2O4. The van der Waals surface area contributed by atoms with Crippen molar-refractivity contribution in [2.45, 2.75) is 38.6 Å². The van der Waals surface area contributed by atoms with Gasteiger partial charge in [-0.25, -0.2) is 0 Å². The first-order chi connectivity index (χ1) is 8.54. The molecule has 1 atom stereocenters. The van der Waals surface area contributed by atoms with Crippen molar-refractivity contribution in [1.82, 2.24) is 10.2 Å². The van der Waals surface area contributed by atoms with Crippen LogP contribution in [0.25, 0.3) is 0 Å². The number of amides is 2. The number of carbonyl (C=O) groups excluding carboxylic acids is 3. The van der Waals surface area contributed by atoms with Gasteiger partial charge < -0.3 is 15.0 Å². The lowest BCUT2D eigenvalue weighted by Crippen LogP contribution is -2.46. The zero-order chi connectivity index (χ0) is 13.5. The molecule has 1 N–H and O–H groups in total. The molecule has 0 unspecified atom stereocenters. The molecule has 0 saturated carbocycles. The van der Waals surface area contributed by atoms with Gasteiger partial charge in [-0.3, -0.25) is 14.4 Å². The predicted molar refractivity (Wildman–Crippen MR) is 64.7 cm³/mol. The van der Waals surface area contributed by atoms with Crippen molar-refractivity contribution >= 4 is 17.8 Å². The molecule has 0 bridgehead atoms. The first-order valence-electron chi connectivity index (χ1n) is 6.19. The fourth-order valence-electron chi connectivity index (χ4n) is 1.90. The fraction of sp³-hybridized carbons (Fsp3) is 0.750. The molecule has 0 aliphatic carbocycles. The zero-order valence-electron chi connectivity index (χ0n) is 10.9. The lowest BCUT2D eigenvalue weighted by atomic mass is 10.2. The summed E-state index contributed by atoms with van der Waals surface area (Å²) in [6, 6.07) is -0.534. The summed E-state index contributed by atoms with van der Waals surface area (Å²) < 4.78 is 4.44. The number of carbonyl (C=O) groups is 3. The highest BCUT2D eigenvalue weighted by Crippen LogP contribution is 2.09. The molecule has 6 nitrogen and oxygen atoms in total. The Bertz CT molecular complexity index is 324.